The van der Waals surface area contributed by atoms with Gasteiger partial charge in [0.1, 0.15) is 0 Å². The number of morpholine rings is 1. The van der Waals surface area contributed by atoms with Gasteiger partial charge in [-0.2, -0.15) is 0 Å². The molecule has 0 saturated carbocycles. The maximum absolute atomic E-state index is 12.3. The second kappa shape index (κ2) is 9.89. The molecule has 0 radical (unpaired) electrons. The summed E-state index contributed by atoms with van der Waals surface area (Å²) in [5, 5.41) is 5.63. The number of amides is 2. The fourth-order valence-electron chi connectivity index (χ4n) is 3.09. The van der Waals surface area contributed by atoms with Gasteiger partial charge in [0, 0.05) is 30.9 Å². The van der Waals surface area contributed by atoms with Crippen LogP contribution in [0.3, 0.4) is 0 Å². The Morgan fingerprint density at radius 1 is 1.03 bits per heavy atom. The van der Waals surface area contributed by atoms with Gasteiger partial charge in [-0.05, 0) is 49.8 Å². The summed E-state index contributed by atoms with van der Waals surface area (Å²) in [5.74, 6) is -0.495. The third-order valence-corrected chi connectivity index (χ3v) is 4.55. The zero-order valence-corrected chi connectivity index (χ0v) is 16.9. The number of ether oxygens (including phenoxy) is 1. The molecule has 0 unspecified atom stereocenters. The van der Waals surface area contributed by atoms with Crippen LogP contribution in [0.25, 0.3) is 6.08 Å². The van der Waals surface area contributed by atoms with Crippen molar-refractivity contribution in [2.45, 2.75) is 19.9 Å². The average molecular weight is 393 g/mol. The number of nitrogens with one attached hydrogen (secondary N) is 2. The molecule has 6 heteroatoms. The van der Waals surface area contributed by atoms with Gasteiger partial charge in [0.05, 0.1) is 24.5 Å². The van der Waals surface area contributed by atoms with E-state index in [0.717, 1.165) is 37.6 Å². The summed E-state index contributed by atoms with van der Waals surface area (Å²) in [6, 6.07) is 15.1. The lowest BCUT2D eigenvalue weighted by Gasteiger charge is -2.28. The van der Waals surface area contributed by atoms with Crippen molar-refractivity contribution in [2.24, 2.45) is 0 Å². The minimum Gasteiger partial charge on any atom is -0.378 e. The number of anilines is 2. The molecule has 3 rings (SSSR count). The Kier molecular flexibility index (Phi) is 7.03. The fraction of sp³-hybridized carbons (Fsp3) is 0.304. The molecule has 1 aliphatic heterocycles. The Hall–Kier alpha value is -3.12. The van der Waals surface area contributed by atoms with Gasteiger partial charge >= 0.3 is 0 Å². The SMILES string of the molecule is CC(C)NC(=O)c1ccccc1NC(=O)/C=C/c1ccc(N2CCOCC2)cc1. The maximum Gasteiger partial charge on any atom is 0.253 e. The average Bonchev–Trinajstić information content (AvgIpc) is 2.73. The van der Waals surface area contributed by atoms with E-state index in [2.05, 4.69) is 27.7 Å². The quantitative estimate of drug-likeness (QED) is 0.739. The first-order valence-corrected chi connectivity index (χ1v) is 9.84. The number of para-hydroxylation sites is 1. The van der Waals surface area contributed by atoms with Crippen LogP contribution in [0.15, 0.2) is 54.6 Å². The summed E-state index contributed by atoms with van der Waals surface area (Å²) in [6.07, 6.45) is 3.23. The maximum atomic E-state index is 12.3. The summed E-state index contributed by atoms with van der Waals surface area (Å²) >= 11 is 0. The largest absolute Gasteiger partial charge is 0.378 e. The molecule has 0 bridgehead atoms. The van der Waals surface area contributed by atoms with Crippen molar-refractivity contribution in [1.82, 2.24) is 5.32 Å². The van der Waals surface area contributed by atoms with Gasteiger partial charge in [-0.25, -0.2) is 0 Å². The van der Waals surface area contributed by atoms with Crippen LogP contribution in [0.1, 0.15) is 29.8 Å². The Labute approximate surface area is 171 Å². The van der Waals surface area contributed by atoms with E-state index < -0.39 is 0 Å². The van der Waals surface area contributed by atoms with Crippen LogP contribution in [-0.2, 0) is 9.53 Å². The number of nitrogens with zero attached hydrogens (tertiary/aromatic N) is 1. The minimum atomic E-state index is -0.285. The second-order valence-corrected chi connectivity index (χ2v) is 7.19. The van der Waals surface area contributed by atoms with Crippen LogP contribution in [0.2, 0.25) is 0 Å². The monoisotopic (exact) mass is 393 g/mol. The molecule has 1 aliphatic rings. The summed E-state index contributed by atoms with van der Waals surface area (Å²) in [5.41, 5.74) is 3.02. The molecule has 0 spiro atoms. The summed E-state index contributed by atoms with van der Waals surface area (Å²) < 4.78 is 5.38. The van der Waals surface area contributed by atoms with Gasteiger partial charge < -0.3 is 20.3 Å². The van der Waals surface area contributed by atoms with Crippen molar-refractivity contribution in [3.8, 4) is 0 Å². The highest BCUT2D eigenvalue weighted by molar-refractivity contribution is 6.07. The van der Waals surface area contributed by atoms with E-state index in [0.29, 0.717) is 11.3 Å². The van der Waals surface area contributed by atoms with Gasteiger partial charge in [0.25, 0.3) is 5.91 Å². The van der Waals surface area contributed by atoms with Crippen molar-refractivity contribution in [3.63, 3.8) is 0 Å². The molecule has 1 heterocycles. The molecule has 2 amide bonds. The molecule has 152 valence electrons. The topological polar surface area (TPSA) is 70.7 Å². The molecule has 0 atom stereocenters. The van der Waals surface area contributed by atoms with Crippen molar-refractivity contribution >= 4 is 29.3 Å². The number of benzene rings is 2. The van der Waals surface area contributed by atoms with E-state index in [1.807, 2.05) is 26.0 Å². The lowest BCUT2D eigenvalue weighted by atomic mass is 10.1. The van der Waals surface area contributed by atoms with Crippen LogP contribution < -0.4 is 15.5 Å². The highest BCUT2D eigenvalue weighted by Crippen LogP contribution is 2.18. The number of hydrogen-bond acceptors (Lipinski definition) is 4. The van der Waals surface area contributed by atoms with E-state index in [1.165, 1.54) is 6.08 Å². The summed E-state index contributed by atoms with van der Waals surface area (Å²) in [4.78, 5) is 26.9. The highest BCUT2D eigenvalue weighted by atomic mass is 16.5. The fourth-order valence-corrected chi connectivity index (χ4v) is 3.09. The Bertz CT molecular complexity index is 869. The van der Waals surface area contributed by atoms with Gasteiger partial charge in [0.2, 0.25) is 5.91 Å². The Morgan fingerprint density at radius 2 is 1.72 bits per heavy atom. The molecule has 2 N–H and O–H groups in total. The Balaban J connectivity index is 1.62. The third-order valence-electron chi connectivity index (χ3n) is 4.55. The predicted octanol–water partition coefficient (Wildman–Crippen LogP) is 3.31. The zero-order chi connectivity index (χ0) is 20.6. The van der Waals surface area contributed by atoms with Crippen LogP contribution in [0.5, 0.6) is 0 Å². The van der Waals surface area contributed by atoms with Crippen molar-refractivity contribution in [2.75, 3.05) is 36.5 Å². The standard InChI is InChI=1S/C23H27N3O3/c1-17(2)24-23(28)20-5-3-4-6-21(20)25-22(27)12-9-18-7-10-19(11-8-18)26-13-15-29-16-14-26/h3-12,17H,13-16H2,1-2H3,(H,24,28)(H,25,27)/b12-9+. The zero-order valence-electron chi connectivity index (χ0n) is 16.9. The first-order chi connectivity index (χ1) is 14.0. The smallest absolute Gasteiger partial charge is 0.253 e. The predicted molar refractivity (Wildman–Crippen MR) is 116 cm³/mol. The molecular formula is C23H27N3O3. The summed E-state index contributed by atoms with van der Waals surface area (Å²) in [7, 11) is 0. The normalized spacial score (nSPS) is 14.2. The molecule has 2 aromatic rings. The van der Waals surface area contributed by atoms with Gasteiger partial charge in [-0.3, -0.25) is 9.59 Å². The third kappa shape index (κ3) is 5.93. The molecule has 0 aromatic heterocycles. The molecule has 6 nitrogen and oxygen atoms in total. The van der Waals surface area contributed by atoms with E-state index in [4.69, 9.17) is 4.74 Å². The Morgan fingerprint density at radius 3 is 2.41 bits per heavy atom. The highest BCUT2D eigenvalue weighted by Gasteiger charge is 2.13. The van der Waals surface area contributed by atoms with Gasteiger partial charge in [-0.15, -0.1) is 0 Å². The van der Waals surface area contributed by atoms with Crippen LogP contribution in [0, 0.1) is 0 Å². The molecule has 0 aliphatic carbocycles. The van der Waals surface area contributed by atoms with Crippen LogP contribution in [-0.4, -0.2) is 44.2 Å². The second-order valence-electron chi connectivity index (χ2n) is 7.19. The first kappa shape index (κ1) is 20.6. The van der Waals surface area contributed by atoms with Crippen molar-refractivity contribution < 1.29 is 14.3 Å². The number of hydrogen-bond donors (Lipinski definition) is 2. The molecule has 1 saturated heterocycles. The molecule has 29 heavy (non-hydrogen) atoms. The number of carbonyl (C=O) groups excluding carboxylic acids is 2. The van der Waals surface area contributed by atoms with E-state index >= 15 is 0 Å². The van der Waals surface area contributed by atoms with Crippen molar-refractivity contribution in [3.05, 3.63) is 65.7 Å². The van der Waals surface area contributed by atoms with E-state index in [1.54, 1.807) is 30.3 Å². The van der Waals surface area contributed by atoms with Gasteiger partial charge in [0.15, 0.2) is 0 Å². The van der Waals surface area contributed by atoms with Crippen LogP contribution >= 0.6 is 0 Å². The van der Waals surface area contributed by atoms with Crippen LogP contribution in [0.4, 0.5) is 11.4 Å². The lowest BCUT2D eigenvalue weighted by Crippen LogP contribution is -2.36. The molecular weight excluding hydrogens is 366 g/mol. The summed E-state index contributed by atoms with van der Waals surface area (Å²) in [6.45, 7) is 7.07. The van der Waals surface area contributed by atoms with Gasteiger partial charge in [-0.1, -0.05) is 24.3 Å². The molecule has 1 fully saturated rings. The van der Waals surface area contributed by atoms with E-state index in [-0.39, 0.29) is 17.9 Å². The number of rotatable bonds is 6. The first-order valence-electron chi connectivity index (χ1n) is 9.84. The molecule has 2 aromatic carbocycles. The van der Waals surface area contributed by atoms with Crippen molar-refractivity contribution in [1.29, 1.82) is 0 Å². The minimum absolute atomic E-state index is 0.0200. The van der Waals surface area contributed by atoms with E-state index in [9.17, 15) is 9.59 Å². The lowest BCUT2D eigenvalue weighted by molar-refractivity contribution is -0.111. The number of carbonyl (C=O) groups is 2.